The van der Waals surface area contributed by atoms with E-state index in [0.717, 1.165) is 5.46 Å². The Morgan fingerprint density at radius 3 is 1.53 bits per heavy atom. The standard InChI is InChI=1S/C31H29BO2/c1-29(2,33)30(3,4)34-32-20-17-18-24-23-13-7-10-16-27(23)31(28(24)19-20)25-14-8-5-11-21(25)22-12-6-9-15-26(22)31/h5-19,32-33H,1-4H3. The van der Waals surface area contributed by atoms with Gasteiger partial charge in [-0.25, -0.2) is 0 Å². The first-order chi connectivity index (χ1) is 16.2. The first-order valence-corrected chi connectivity index (χ1v) is 12.0. The van der Waals surface area contributed by atoms with Crippen molar-refractivity contribution in [1.82, 2.24) is 0 Å². The lowest BCUT2D eigenvalue weighted by Gasteiger charge is -2.37. The maximum atomic E-state index is 10.6. The molecule has 0 amide bonds. The van der Waals surface area contributed by atoms with Crippen LogP contribution in [0.2, 0.25) is 0 Å². The van der Waals surface area contributed by atoms with Crippen molar-refractivity contribution in [2.45, 2.75) is 44.3 Å². The van der Waals surface area contributed by atoms with Gasteiger partial charge in [-0.3, -0.25) is 0 Å². The Bertz CT molecular complexity index is 1360. The lowest BCUT2D eigenvalue weighted by atomic mass is 9.69. The van der Waals surface area contributed by atoms with Crippen molar-refractivity contribution in [3.8, 4) is 22.3 Å². The third kappa shape index (κ3) is 2.78. The van der Waals surface area contributed by atoms with E-state index in [2.05, 4.69) is 91.0 Å². The number of hydrogen-bond acceptors (Lipinski definition) is 2. The van der Waals surface area contributed by atoms with Crippen LogP contribution in [0.3, 0.4) is 0 Å². The number of benzene rings is 4. The molecule has 0 aliphatic heterocycles. The first-order valence-electron chi connectivity index (χ1n) is 12.0. The van der Waals surface area contributed by atoms with Crippen molar-refractivity contribution < 1.29 is 9.76 Å². The van der Waals surface area contributed by atoms with Crippen molar-refractivity contribution in [3.05, 3.63) is 113 Å². The van der Waals surface area contributed by atoms with Crippen LogP contribution in [-0.4, -0.2) is 23.8 Å². The Balaban J connectivity index is 1.58. The average Bonchev–Trinajstić information content (AvgIpc) is 3.29. The SMILES string of the molecule is CC(C)(O)C(C)(C)OBc1ccc2c(c1)C1(c3ccccc3-c3ccccc31)c1ccccc1-2. The summed E-state index contributed by atoms with van der Waals surface area (Å²) in [5, 5.41) is 10.6. The van der Waals surface area contributed by atoms with E-state index in [4.69, 9.17) is 4.65 Å². The number of aliphatic hydroxyl groups is 1. The number of fused-ring (bicyclic) bond motifs is 10. The summed E-state index contributed by atoms with van der Waals surface area (Å²) in [6.45, 7) is 7.49. The molecule has 3 heteroatoms. The van der Waals surface area contributed by atoms with Crippen LogP contribution in [0.15, 0.2) is 91.0 Å². The van der Waals surface area contributed by atoms with Crippen LogP contribution in [0.4, 0.5) is 0 Å². The highest BCUT2D eigenvalue weighted by atomic mass is 16.5. The van der Waals surface area contributed by atoms with Gasteiger partial charge in [0.15, 0.2) is 0 Å². The van der Waals surface area contributed by atoms with E-state index < -0.39 is 11.2 Å². The molecule has 1 N–H and O–H groups in total. The van der Waals surface area contributed by atoms with Gasteiger partial charge in [0.05, 0.1) is 16.6 Å². The minimum atomic E-state index is -0.940. The predicted molar refractivity (Wildman–Crippen MR) is 141 cm³/mol. The van der Waals surface area contributed by atoms with Gasteiger partial charge in [-0.1, -0.05) is 96.5 Å². The van der Waals surface area contributed by atoms with E-state index in [-0.39, 0.29) is 5.41 Å². The van der Waals surface area contributed by atoms with Gasteiger partial charge in [0.25, 0.3) is 0 Å². The molecule has 2 aliphatic carbocycles. The Hall–Kier alpha value is -3.14. The second-order valence-electron chi connectivity index (χ2n) is 10.6. The Morgan fingerprint density at radius 1 is 0.618 bits per heavy atom. The topological polar surface area (TPSA) is 29.5 Å². The quantitative estimate of drug-likeness (QED) is 0.360. The minimum absolute atomic E-state index is 0.332. The fraction of sp³-hybridized carbons (Fsp3) is 0.226. The van der Waals surface area contributed by atoms with Gasteiger partial charge in [0, 0.05) is 0 Å². The molecule has 0 bridgehead atoms. The molecule has 4 aromatic carbocycles. The Labute approximate surface area is 202 Å². The smallest absolute Gasteiger partial charge is 0.309 e. The largest absolute Gasteiger partial charge is 0.427 e. The van der Waals surface area contributed by atoms with E-state index in [1.54, 1.807) is 13.8 Å². The predicted octanol–water partition coefficient (Wildman–Crippen LogP) is 5.57. The Kier molecular flexibility index (Phi) is 4.52. The zero-order chi connectivity index (χ0) is 23.7. The van der Waals surface area contributed by atoms with Gasteiger partial charge >= 0.3 is 7.48 Å². The maximum absolute atomic E-state index is 10.6. The van der Waals surface area contributed by atoms with Gasteiger partial charge < -0.3 is 9.76 Å². The summed E-state index contributed by atoms with van der Waals surface area (Å²) >= 11 is 0. The summed E-state index contributed by atoms with van der Waals surface area (Å²) in [6, 6.07) is 33.3. The summed E-state index contributed by atoms with van der Waals surface area (Å²) in [6.07, 6.45) is 0. The van der Waals surface area contributed by atoms with Crippen LogP contribution in [0.5, 0.6) is 0 Å². The normalized spacial score (nSPS) is 15.0. The monoisotopic (exact) mass is 444 g/mol. The molecule has 0 atom stereocenters. The van der Waals surface area contributed by atoms with E-state index >= 15 is 0 Å². The number of rotatable bonds is 4. The highest BCUT2D eigenvalue weighted by Crippen LogP contribution is 2.62. The molecule has 34 heavy (non-hydrogen) atoms. The fourth-order valence-electron chi connectivity index (χ4n) is 5.67. The molecule has 6 rings (SSSR count). The van der Waals surface area contributed by atoms with E-state index in [1.165, 1.54) is 44.5 Å². The molecule has 0 unspecified atom stereocenters. The summed E-state index contributed by atoms with van der Waals surface area (Å²) in [5.41, 5.74) is 9.73. The zero-order valence-corrected chi connectivity index (χ0v) is 20.2. The minimum Gasteiger partial charge on any atom is -0.427 e. The van der Waals surface area contributed by atoms with Crippen LogP contribution < -0.4 is 5.46 Å². The average molecular weight is 444 g/mol. The molecular formula is C31H29BO2. The first kappa shape index (κ1) is 21.4. The van der Waals surface area contributed by atoms with E-state index in [0.29, 0.717) is 7.48 Å². The van der Waals surface area contributed by atoms with Crippen molar-refractivity contribution >= 4 is 12.9 Å². The van der Waals surface area contributed by atoms with Crippen LogP contribution >= 0.6 is 0 Å². The molecule has 4 aromatic rings. The molecule has 0 saturated carbocycles. The number of hydrogen-bond donors (Lipinski definition) is 1. The van der Waals surface area contributed by atoms with Gasteiger partial charge in [-0.15, -0.1) is 0 Å². The van der Waals surface area contributed by atoms with Crippen LogP contribution in [0.1, 0.15) is 49.9 Å². The Morgan fingerprint density at radius 2 is 1.06 bits per heavy atom. The van der Waals surface area contributed by atoms with E-state index in [9.17, 15) is 5.11 Å². The second-order valence-corrected chi connectivity index (χ2v) is 10.6. The van der Waals surface area contributed by atoms with Crippen molar-refractivity contribution in [3.63, 3.8) is 0 Å². The molecule has 168 valence electrons. The molecule has 0 fully saturated rings. The van der Waals surface area contributed by atoms with Gasteiger partial charge in [0.1, 0.15) is 0 Å². The summed E-state index contributed by atoms with van der Waals surface area (Å²) in [4.78, 5) is 0. The van der Waals surface area contributed by atoms with Crippen molar-refractivity contribution in [2.24, 2.45) is 0 Å². The molecule has 0 radical (unpaired) electrons. The second kappa shape index (κ2) is 7.18. The molecule has 2 nitrogen and oxygen atoms in total. The molecule has 0 aromatic heterocycles. The van der Waals surface area contributed by atoms with Crippen molar-refractivity contribution in [2.75, 3.05) is 0 Å². The highest BCUT2D eigenvalue weighted by Gasteiger charge is 2.51. The lowest BCUT2D eigenvalue weighted by Crippen LogP contribution is -2.49. The highest BCUT2D eigenvalue weighted by molar-refractivity contribution is 6.47. The van der Waals surface area contributed by atoms with Gasteiger partial charge in [-0.05, 0) is 72.2 Å². The van der Waals surface area contributed by atoms with Gasteiger partial charge in [-0.2, -0.15) is 0 Å². The van der Waals surface area contributed by atoms with Crippen molar-refractivity contribution in [1.29, 1.82) is 0 Å². The van der Waals surface area contributed by atoms with E-state index in [1.807, 2.05) is 13.8 Å². The summed E-state index contributed by atoms with van der Waals surface area (Å²) < 4.78 is 6.26. The maximum Gasteiger partial charge on any atom is 0.309 e. The summed E-state index contributed by atoms with van der Waals surface area (Å²) in [5.74, 6) is 0. The van der Waals surface area contributed by atoms with Crippen LogP contribution in [0.25, 0.3) is 22.3 Å². The molecule has 2 aliphatic rings. The lowest BCUT2D eigenvalue weighted by molar-refractivity contribution is -0.0893. The molecule has 0 saturated heterocycles. The molecule has 0 heterocycles. The van der Waals surface area contributed by atoms with Gasteiger partial charge in [0.2, 0.25) is 0 Å². The third-order valence-electron chi connectivity index (χ3n) is 8.13. The molecule has 1 spiro atoms. The van der Waals surface area contributed by atoms with Crippen LogP contribution in [0, 0.1) is 0 Å². The summed E-state index contributed by atoms with van der Waals surface area (Å²) in [7, 11) is 0.444. The molecular weight excluding hydrogens is 415 g/mol. The zero-order valence-electron chi connectivity index (χ0n) is 20.2. The fourth-order valence-corrected chi connectivity index (χ4v) is 5.67. The third-order valence-corrected chi connectivity index (χ3v) is 8.13. The van der Waals surface area contributed by atoms with Crippen LogP contribution in [-0.2, 0) is 10.1 Å².